The zero-order chi connectivity index (χ0) is 10.4. The number of rotatable bonds is 4. The Kier molecular flexibility index (Phi) is 5.72. The highest BCUT2D eigenvalue weighted by atomic mass is 35.5. The van der Waals surface area contributed by atoms with Crippen molar-refractivity contribution in [1.29, 1.82) is 0 Å². The highest BCUT2D eigenvalue weighted by Crippen LogP contribution is 2.15. The summed E-state index contributed by atoms with van der Waals surface area (Å²) in [5, 5.41) is 0.429. The van der Waals surface area contributed by atoms with Gasteiger partial charge in [0.05, 0.1) is 0 Å². The molecule has 0 saturated carbocycles. The van der Waals surface area contributed by atoms with E-state index in [1.165, 1.54) is 6.08 Å². The van der Waals surface area contributed by atoms with Gasteiger partial charge in [-0.1, -0.05) is 43.7 Å². The molecule has 0 fully saturated rings. The Morgan fingerprint density at radius 2 is 2.00 bits per heavy atom. The minimum absolute atomic E-state index is 0.0359. The summed E-state index contributed by atoms with van der Waals surface area (Å²) in [7, 11) is 0. The van der Waals surface area contributed by atoms with Crippen molar-refractivity contribution >= 4 is 11.6 Å². The van der Waals surface area contributed by atoms with Crippen LogP contribution in [0.4, 0.5) is 4.39 Å². The van der Waals surface area contributed by atoms with E-state index in [-0.39, 0.29) is 5.92 Å². The average Bonchev–Trinajstić information content (AvgIpc) is 2.03. The van der Waals surface area contributed by atoms with Gasteiger partial charge >= 0.3 is 0 Å². The third kappa shape index (κ3) is 5.64. The predicted molar refractivity (Wildman–Crippen MR) is 57.6 cm³/mol. The van der Waals surface area contributed by atoms with Crippen LogP contribution in [0.15, 0.2) is 35.4 Å². The van der Waals surface area contributed by atoms with E-state index in [0.717, 1.165) is 5.57 Å². The third-order valence-corrected chi connectivity index (χ3v) is 1.88. The van der Waals surface area contributed by atoms with Gasteiger partial charge in [-0.25, -0.2) is 4.39 Å². The fraction of sp³-hybridized carbons (Fsp3) is 0.455. The number of hydrogen-bond donors (Lipinski definition) is 0. The molecule has 74 valence electrons. The van der Waals surface area contributed by atoms with Crippen LogP contribution in [0.25, 0.3) is 0 Å². The topological polar surface area (TPSA) is 0 Å². The zero-order valence-electron chi connectivity index (χ0n) is 8.35. The minimum Gasteiger partial charge on any atom is -0.243 e. The minimum atomic E-state index is -0.985. The van der Waals surface area contributed by atoms with E-state index in [1.54, 1.807) is 12.2 Å². The van der Waals surface area contributed by atoms with Crippen LogP contribution in [0.5, 0.6) is 0 Å². The van der Waals surface area contributed by atoms with Crippen molar-refractivity contribution in [1.82, 2.24) is 0 Å². The van der Waals surface area contributed by atoms with E-state index < -0.39 is 6.17 Å². The normalized spacial score (nSPS) is 16.2. The van der Waals surface area contributed by atoms with Gasteiger partial charge in [-0.2, -0.15) is 0 Å². The first-order valence-electron chi connectivity index (χ1n) is 4.29. The molecular formula is C11H16ClF. The molecule has 0 aliphatic heterocycles. The molecule has 2 heteroatoms. The molecule has 0 aliphatic carbocycles. The summed E-state index contributed by atoms with van der Waals surface area (Å²) in [6.07, 6.45) is 3.81. The third-order valence-electron chi connectivity index (χ3n) is 1.64. The van der Waals surface area contributed by atoms with Crippen LogP contribution in [0, 0.1) is 5.92 Å². The molecule has 0 bridgehead atoms. The van der Waals surface area contributed by atoms with Crippen LogP contribution in [0.2, 0.25) is 0 Å². The molecule has 0 N–H and O–H groups in total. The van der Waals surface area contributed by atoms with Gasteiger partial charge in [0.2, 0.25) is 0 Å². The molecule has 1 atom stereocenters. The Balaban J connectivity index is 4.41. The van der Waals surface area contributed by atoms with Crippen LogP contribution in [0.1, 0.15) is 20.8 Å². The summed E-state index contributed by atoms with van der Waals surface area (Å²) in [4.78, 5) is 0. The van der Waals surface area contributed by atoms with E-state index >= 15 is 0 Å². The smallest absolute Gasteiger partial charge is 0.122 e. The van der Waals surface area contributed by atoms with Crippen molar-refractivity contribution in [3.63, 3.8) is 0 Å². The van der Waals surface area contributed by atoms with Gasteiger partial charge in [-0.15, -0.1) is 0 Å². The summed E-state index contributed by atoms with van der Waals surface area (Å²) in [6.45, 7) is 9.08. The second kappa shape index (κ2) is 5.98. The summed E-state index contributed by atoms with van der Waals surface area (Å²) >= 11 is 5.79. The molecule has 0 rings (SSSR count). The lowest BCUT2D eigenvalue weighted by molar-refractivity contribution is 0.314. The van der Waals surface area contributed by atoms with Crippen LogP contribution in [-0.2, 0) is 0 Å². The van der Waals surface area contributed by atoms with Gasteiger partial charge in [0.1, 0.15) is 6.17 Å². The fourth-order valence-corrected chi connectivity index (χ4v) is 0.962. The van der Waals surface area contributed by atoms with E-state index in [9.17, 15) is 4.39 Å². The monoisotopic (exact) mass is 202 g/mol. The highest BCUT2D eigenvalue weighted by molar-refractivity contribution is 6.31. The van der Waals surface area contributed by atoms with Crippen molar-refractivity contribution in [2.75, 3.05) is 0 Å². The van der Waals surface area contributed by atoms with Crippen LogP contribution in [0.3, 0.4) is 0 Å². The van der Waals surface area contributed by atoms with Crippen molar-refractivity contribution in [3.8, 4) is 0 Å². The van der Waals surface area contributed by atoms with Gasteiger partial charge < -0.3 is 0 Å². The zero-order valence-corrected chi connectivity index (χ0v) is 9.11. The van der Waals surface area contributed by atoms with Gasteiger partial charge in [0, 0.05) is 5.03 Å². The summed E-state index contributed by atoms with van der Waals surface area (Å²) in [5.41, 5.74) is 0.928. The van der Waals surface area contributed by atoms with Gasteiger partial charge in [0.15, 0.2) is 0 Å². The Labute approximate surface area is 84.8 Å². The quantitative estimate of drug-likeness (QED) is 0.599. The Morgan fingerprint density at radius 3 is 2.38 bits per heavy atom. The molecule has 13 heavy (non-hydrogen) atoms. The molecule has 1 unspecified atom stereocenters. The maximum Gasteiger partial charge on any atom is 0.122 e. The van der Waals surface area contributed by atoms with Crippen LogP contribution >= 0.6 is 11.6 Å². The van der Waals surface area contributed by atoms with E-state index in [4.69, 9.17) is 11.6 Å². The second-order valence-electron chi connectivity index (χ2n) is 3.33. The van der Waals surface area contributed by atoms with E-state index in [2.05, 4.69) is 6.58 Å². The molecule has 0 nitrogen and oxygen atoms in total. The lowest BCUT2D eigenvalue weighted by Gasteiger charge is -2.06. The molecule has 0 radical (unpaired) electrons. The summed E-state index contributed by atoms with van der Waals surface area (Å²) in [6, 6.07) is 0. The lowest BCUT2D eigenvalue weighted by atomic mass is 10.1. The summed E-state index contributed by atoms with van der Waals surface area (Å²) < 4.78 is 13.1. The first-order valence-corrected chi connectivity index (χ1v) is 4.67. The van der Waals surface area contributed by atoms with Gasteiger partial charge in [-0.3, -0.25) is 0 Å². The first-order chi connectivity index (χ1) is 5.97. The molecule has 0 aromatic carbocycles. The number of halogens is 2. The molecule has 0 aliphatic rings. The first kappa shape index (κ1) is 12.4. The van der Waals surface area contributed by atoms with Gasteiger partial charge in [-0.05, 0) is 25.0 Å². The number of hydrogen-bond acceptors (Lipinski definition) is 0. The Bertz CT molecular complexity index is 226. The van der Waals surface area contributed by atoms with Gasteiger partial charge in [0.25, 0.3) is 0 Å². The standard InChI is InChI=1S/C11H16ClF/c1-5-9(4)6-10(12)7-11(13)8(2)3/h5-8,11H,1H2,2-4H3/b9-6-,10-7?. The fourth-order valence-electron chi connectivity index (χ4n) is 0.669. The average molecular weight is 203 g/mol. The van der Waals surface area contributed by atoms with E-state index in [0.29, 0.717) is 5.03 Å². The Hall–Kier alpha value is -0.560. The van der Waals surface area contributed by atoms with Crippen LogP contribution < -0.4 is 0 Å². The molecule has 0 aromatic rings. The van der Waals surface area contributed by atoms with Crippen molar-refractivity contribution in [2.24, 2.45) is 5.92 Å². The number of alkyl halides is 1. The molecule has 0 saturated heterocycles. The SMILES string of the molecule is C=C/C(C)=C\C(Cl)=CC(F)C(C)C. The molecule has 0 amide bonds. The maximum absolute atomic E-state index is 13.1. The van der Waals surface area contributed by atoms with Crippen molar-refractivity contribution in [2.45, 2.75) is 26.9 Å². The molecule has 0 spiro atoms. The molecular weight excluding hydrogens is 187 g/mol. The number of allylic oxidation sites excluding steroid dienone is 5. The van der Waals surface area contributed by atoms with E-state index in [1.807, 2.05) is 20.8 Å². The molecule has 0 heterocycles. The maximum atomic E-state index is 13.1. The Morgan fingerprint density at radius 1 is 1.46 bits per heavy atom. The lowest BCUT2D eigenvalue weighted by Crippen LogP contribution is -2.04. The van der Waals surface area contributed by atoms with Crippen molar-refractivity contribution < 1.29 is 4.39 Å². The molecule has 0 aromatic heterocycles. The largest absolute Gasteiger partial charge is 0.243 e. The van der Waals surface area contributed by atoms with Crippen LogP contribution in [-0.4, -0.2) is 6.17 Å². The van der Waals surface area contributed by atoms with Crippen molar-refractivity contribution in [3.05, 3.63) is 35.4 Å². The predicted octanol–water partition coefficient (Wildman–Crippen LogP) is 4.24. The second-order valence-corrected chi connectivity index (χ2v) is 3.77. The summed E-state index contributed by atoms with van der Waals surface area (Å²) in [5.74, 6) is -0.0359. The highest BCUT2D eigenvalue weighted by Gasteiger charge is 2.07.